The molecule has 2 heteroatoms. The van der Waals surface area contributed by atoms with E-state index in [1.54, 1.807) is 0 Å². The molecule has 1 saturated heterocycles. The summed E-state index contributed by atoms with van der Waals surface area (Å²) >= 11 is 0. The number of piperidine rings is 1. The summed E-state index contributed by atoms with van der Waals surface area (Å²) in [5.74, 6) is 0. The monoisotopic (exact) mass is 226 g/mol. The molecule has 0 amide bonds. The number of nitrogens with one attached hydrogen (secondary N) is 1. The van der Waals surface area contributed by atoms with E-state index in [9.17, 15) is 0 Å². The van der Waals surface area contributed by atoms with Crippen molar-refractivity contribution >= 4 is 0 Å². The molecule has 2 atom stereocenters. The van der Waals surface area contributed by atoms with Gasteiger partial charge in [0.2, 0.25) is 0 Å². The van der Waals surface area contributed by atoms with Gasteiger partial charge in [-0.3, -0.25) is 0 Å². The van der Waals surface area contributed by atoms with E-state index >= 15 is 0 Å². The van der Waals surface area contributed by atoms with Crippen molar-refractivity contribution in [3.8, 4) is 0 Å². The quantitative estimate of drug-likeness (QED) is 0.718. The standard InChI is InChI=1S/C14H30N2/c1-4-14(15-5-2)10-8-12-16-11-7-6-9-13(16)3/h13-15H,4-12H2,1-3H3. The first kappa shape index (κ1) is 14.0. The van der Waals surface area contributed by atoms with E-state index in [4.69, 9.17) is 0 Å². The van der Waals surface area contributed by atoms with Crippen LogP contribution in [-0.4, -0.2) is 36.6 Å². The zero-order valence-corrected chi connectivity index (χ0v) is 11.5. The molecule has 0 aliphatic carbocycles. The van der Waals surface area contributed by atoms with Gasteiger partial charge in [-0.15, -0.1) is 0 Å². The van der Waals surface area contributed by atoms with E-state index < -0.39 is 0 Å². The highest BCUT2D eigenvalue weighted by Crippen LogP contribution is 2.17. The minimum atomic E-state index is 0.741. The maximum Gasteiger partial charge on any atom is 0.00669 e. The molecule has 0 radical (unpaired) electrons. The Kier molecular flexibility index (Phi) is 7.06. The van der Waals surface area contributed by atoms with Crippen LogP contribution in [0.25, 0.3) is 0 Å². The van der Waals surface area contributed by atoms with Crippen molar-refractivity contribution in [2.75, 3.05) is 19.6 Å². The molecule has 0 aromatic rings. The molecule has 16 heavy (non-hydrogen) atoms. The van der Waals surface area contributed by atoms with Crippen molar-refractivity contribution < 1.29 is 0 Å². The van der Waals surface area contributed by atoms with E-state index in [1.165, 1.54) is 51.6 Å². The third kappa shape index (κ3) is 4.84. The Morgan fingerprint density at radius 2 is 2.12 bits per heavy atom. The Bertz CT molecular complexity index is 170. The average molecular weight is 226 g/mol. The molecular formula is C14H30N2. The summed E-state index contributed by atoms with van der Waals surface area (Å²) in [6.45, 7) is 10.6. The van der Waals surface area contributed by atoms with Crippen molar-refractivity contribution in [2.24, 2.45) is 0 Å². The maximum absolute atomic E-state index is 3.56. The summed E-state index contributed by atoms with van der Waals surface area (Å²) in [5, 5.41) is 3.56. The first-order valence-corrected chi connectivity index (χ1v) is 7.25. The Balaban J connectivity index is 2.13. The summed E-state index contributed by atoms with van der Waals surface area (Å²) in [5.41, 5.74) is 0. The summed E-state index contributed by atoms with van der Waals surface area (Å²) in [4.78, 5) is 2.68. The second-order valence-electron chi connectivity index (χ2n) is 5.19. The van der Waals surface area contributed by atoms with Gasteiger partial charge in [-0.25, -0.2) is 0 Å². The second kappa shape index (κ2) is 8.08. The highest BCUT2D eigenvalue weighted by atomic mass is 15.2. The fourth-order valence-corrected chi connectivity index (χ4v) is 2.77. The number of nitrogens with zero attached hydrogens (tertiary/aromatic N) is 1. The smallest absolute Gasteiger partial charge is 0.00669 e. The third-order valence-electron chi connectivity index (χ3n) is 3.92. The fourth-order valence-electron chi connectivity index (χ4n) is 2.77. The largest absolute Gasteiger partial charge is 0.314 e. The van der Waals surface area contributed by atoms with E-state index in [2.05, 4.69) is 31.0 Å². The first-order valence-electron chi connectivity index (χ1n) is 7.25. The molecule has 1 aliphatic heterocycles. The van der Waals surface area contributed by atoms with Crippen molar-refractivity contribution in [1.29, 1.82) is 0 Å². The number of hydrogen-bond donors (Lipinski definition) is 1. The molecule has 1 N–H and O–H groups in total. The fraction of sp³-hybridized carbons (Fsp3) is 1.00. The van der Waals surface area contributed by atoms with Gasteiger partial charge in [-0.2, -0.15) is 0 Å². The van der Waals surface area contributed by atoms with Gasteiger partial charge in [0.25, 0.3) is 0 Å². The molecule has 2 nitrogen and oxygen atoms in total. The molecule has 0 spiro atoms. The molecule has 1 fully saturated rings. The Morgan fingerprint density at radius 3 is 2.75 bits per heavy atom. The van der Waals surface area contributed by atoms with Crippen LogP contribution in [0.4, 0.5) is 0 Å². The van der Waals surface area contributed by atoms with Gasteiger partial charge in [0.1, 0.15) is 0 Å². The number of likely N-dealkylation sites (tertiary alicyclic amines) is 1. The Labute approximate surface area is 102 Å². The van der Waals surface area contributed by atoms with E-state index in [1.807, 2.05) is 0 Å². The molecule has 1 rings (SSSR count). The predicted octanol–water partition coefficient (Wildman–Crippen LogP) is 3.03. The van der Waals surface area contributed by atoms with Crippen LogP contribution >= 0.6 is 0 Å². The highest BCUT2D eigenvalue weighted by Gasteiger charge is 2.17. The van der Waals surface area contributed by atoms with Crippen molar-refractivity contribution in [3.05, 3.63) is 0 Å². The van der Waals surface area contributed by atoms with Gasteiger partial charge in [0.15, 0.2) is 0 Å². The van der Waals surface area contributed by atoms with E-state index in [0.29, 0.717) is 0 Å². The van der Waals surface area contributed by atoms with Crippen LogP contribution in [0.1, 0.15) is 59.3 Å². The lowest BCUT2D eigenvalue weighted by Crippen LogP contribution is -2.38. The van der Waals surface area contributed by atoms with E-state index in [-0.39, 0.29) is 0 Å². The summed E-state index contributed by atoms with van der Waals surface area (Å²) in [7, 11) is 0. The molecule has 1 aliphatic rings. The van der Waals surface area contributed by atoms with Gasteiger partial charge in [-0.1, -0.05) is 20.3 Å². The van der Waals surface area contributed by atoms with Crippen LogP contribution in [0.3, 0.4) is 0 Å². The number of rotatable bonds is 7. The van der Waals surface area contributed by atoms with Crippen LogP contribution in [-0.2, 0) is 0 Å². The molecule has 2 unspecified atom stereocenters. The highest BCUT2D eigenvalue weighted by molar-refractivity contribution is 4.74. The van der Waals surface area contributed by atoms with Crippen molar-refractivity contribution in [1.82, 2.24) is 10.2 Å². The Hall–Kier alpha value is -0.0800. The van der Waals surface area contributed by atoms with Gasteiger partial charge >= 0.3 is 0 Å². The van der Waals surface area contributed by atoms with Gasteiger partial charge < -0.3 is 10.2 Å². The third-order valence-corrected chi connectivity index (χ3v) is 3.92. The van der Waals surface area contributed by atoms with Crippen molar-refractivity contribution in [2.45, 2.75) is 71.4 Å². The topological polar surface area (TPSA) is 15.3 Å². The lowest BCUT2D eigenvalue weighted by molar-refractivity contribution is 0.156. The summed E-state index contributed by atoms with van der Waals surface area (Å²) in [6, 6.07) is 1.57. The molecule has 96 valence electrons. The normalized spacial score (nSPS) is 24.6. The minimum absolute atomic E-state index is 0.741. The molecular weight excluding hydrogens is 196 g/mol. The second-order valence-corrected chi connectivity index (χ2v) is 5.19. The molecule has 0 aromatic carbocycles. The first-order chi connectivity index (χ1) is 7.77. The Morgan fingerprint density at radius 1 is 1.31 bits per heavy atom. The lowest BCUT2D eigenvalue weighted by atomic mass is 10.0. The van der Waals surface area contributed by atoms with Gasteiger partial charge in [-0.05, 0) is 58.7 Å². The van der Waals surface area contributed by atoms with Gasteiger partial charge in [0.05, 0.1) is 0 Å². The lowest BCUT2D eigenvalue weighted by Gasteiger charge is -2.33. The van der Waals surface area contributed by atoms with Crippen LogP contribution in [0.5, 0.6) is 0 Å². The zero-order chi connectivity index (χ0) is 11.8. The predicted molar refractivity (Wildman–Crippen MR) is 71.9 cm³/mol. The van der Waals surface area contributed by atoms with Crippen LogP contribution < -0.4 is 5.32 Å². The molecule has 0 saturated carbocycles. The van der Waals surface area contributed by atoms with Crippen molar-refractivity contribution in [3.63, 3.8) is 0 Å². The zero-order valence-electron chi connectivity index (χ0n) is 11.5. The maximum atomic E-state index is 3.56. The van der Waals surface area contributed by atoms with Crippen LogP contribution in [0.2, 0.25) is 0 Å². The molecule has 1 heterocycles. The van der Waals surface area contributed by atoms with Gasteiger partial charge in [0, 0.05) is 12.1 Å². The molecule has 0 bridgehead atoms. The SMILES string of the molecule is CCNC(CC)CCCN1CCCCC1C. The minimum Gasteiger partial charge on any atom is -0.314 e. The molecule has 0 aromatic heterocycles. The van der Waals surface area contributed by atoms with Crippen LogP contribution in [0.15, 0.2) is 0 Å². The van der Waals surface area contributed by atoms with Crippen LogP contribution in [0, 0.1) is 0 Å². The summed E-state index contributed by atoms with van der Waals surface area (Å²) < 4.78 is 0. The average Bonchev–Trinajstić information content (AvgIpc) is 2.30. The summed E-state index contributed by atoms with van der Waals surface area (Å²) in [6.07, 6.45) is 8.22. The van der Waals surface area contributed by atoms with E-state index in [0.717, 1.165) is 18.6 Å². The number of hydrogen-bond acceptors (Lipinski definition) is 2.